The topological polar surface area (TPSA) is 69.6 Å². The molecule has 0 bridgehead atoms. The number of halogens is 1. The summed E-state index contributed by atoms with van der Waals surface area (Å²) in [7, 11) is 0. The molecule has 0 radical (unpaired) electrons. The van der Waals surface area contributed by atoms with E-state index in [1.807, 2.05) is 0 Å². The van der Waals surface area contributed by atoms with Gasteiger partial charge in [0.1, 0.15) is 6.33 Å². The molecule has 0 spiro atoms. The molecular weight excluding hydrogens is 185 g/mol. The number of anilines is 1. The highest BCUT2D eigenvalue weighted by Crippen LogP contribution is 2.12. The van der Waals surface area contributed by atoms with Crippen molar-refractivity contribution in [3.05, 3.63) is 30.2 Å². The minimum atomic E-state index is -0.490. The van der Waals surface area contributed by atoms with Crippen LogP contribution in [0, 0.1) is 12.7 Å². The van der Waals surface area contributed by atoms with E-state index in [0.717, 1.165) is 0 Å². The van der Waals surface area contributed by atoms with Gasteiger partial charge in [-0.05, 0) is 6.92 Å². The smallest absolute Gasteiger partial charge is 0.193 e. The van der Waals surface area contributed by atoms with E-state index in [9.17, 15) is 4.39 Å². The second-order valence-electron chi connectivity index (χ2n) is 2.81. The SMILES string of the molecule is Cc1ncnc(-n2cc(N)cn2)c1F. The van der Waals surface area contributed by atoms with Gasteiger partial charge < -0.3 is 5.73 Å². The largest absolute Gasteiger partial charge is 0.396 e. The average Bonchev–Trinajstić information content (AvgIpc) is 2.57. The fraction of sp³-hybridized carbons (Fsp3) is 0.125. The van der Waals surface area contributed by atoms with Crippen LogP contribution < -0.4 is 5.73 Å². The maximum Gasteiger partial charge on any atom is 0.193 e. The second kappa shape index (κ2) is 3.06. The highest BCUT2D eigenvalue weighted by molar-refractivity contribution is 5.35. The van der Waals surface area contributed by atoms with Gasteiger partial charge in [-0.2, -0.15) is 5.10 Å². The van der Waals surface area contributed by atoms with E-state index in [2.05, 4.69) is 15.1 Å². The standard InChI is InChI=1S/C8H8FN5/c1-5-7(9)8(12-4-11-5)14-3-6(10)2-13-14/h2-4H,10H2,1H3. The third kappa shape index (κ3) is 1.30. The Hall–Kier alpha value is -1.98. The van der Waals surface area contributed by atoms with E-state index >= 15 is 0 Å². The molecule has 2 rings (SSSR count). The van der Waals surface area contributed by atoms with Gasteiger partial charge in [-0.1, -0.05) is 0 Å². The maximum atomic E-state index is 13.5. The van der Waals surface area contributed by atoms with Gasteiger partial charge in [0.15, 0.2) is 11.6 Å². The third-order valence-corrected chi connectivity index (χ3v) is 1.76. The molecule has 0 aliphatic heterocycles. The molecule has 0 saturated carbocycles. The van der Waals surface area contributed by atoms with Crippen LogP contribution in [0.3, 0.4) is 0 Å². The van der Waals surface area contributed by atoms with E-state index < -0.39 is 5.82 Å². The minimum Gasteiger partial charge on any atom is -0.396 e. The van der Waals surface area contributed by atoms with Crippen molar-refractivity contribution in [3.8, 4) is 5.82 Å². The van der Waals surface area contributed by atoms with Gasteiger partial charge in [0.05, 0.1) is 23.8 Å². The Morgan fingerprint density at radius 2 is 2.21 bits per heavy atom. The maximum absolute atomic E-state index is 13.5. The van der Waals surface area contributed by atoms with Gasteiger partial charge in [-0.25, -0.2) is 19.0 Å². The summed E-state index contributed by atoms with van der Waals surface area (Å²) in [6, 6.07) is 0. The quantitative estimate of drug-likeness (QED) is 0.723. The first kappa shape index (κ1) is 8.61. The number of hydrogen-bond acceptors (Lipinski definition) is 4. The molecule has 0 aromatic carbocycles. The Morgan fingerprint density at radius 3 is 2.86 bits per heavy atom. The lowest BCUT2D eigenvalue weighted by Gasteiger charge is -2.02. The van der Waals surface area contributed by atoms with Gasteiger partial charge in [0.2, 0.25) is 0 Å². The summed E-state index contributed by atoms with van der Waals surface area (Å²) in [4.78, 5) is 7.49. The van der Waals surface area contributed by atoms with E-state index in [1.54, 1.807) is 6.92 Å². The molecule has 2 aromatic rings. The molecule has 2 aromatic heterocycles. The number of nitrogen functional groups attached to an aromatic ring is 1. The molecule has 14 heavy (non-hydrogen) atoms. The van der Waals surface area contributed by atoms with Crippen molar-refractivity contribution in [2.24, 2.45) is 0 Å². The van der Waals surface area contributed by atoms with Gasteiger partial charge >= 0.3 is 0 Å². The zero-order chi connectivity index (χ0) is 10.1. The number of aryl methyl sites for hydroxylation is 1. The summed E-state index contributed by atoms with van der Waals surface area (Å²) < 4.78 is 14.7. The van der Waals surface area contributed by atoms with Crippen LogP contribution >= 0.6 is 0 Å². The van der Waals surface area contributed by atoms with Crippen LogP contribution in [-0.2, 0) is 0 Å². The van der Waals surface area contributed by atoms with Crippen molar-refractivity contribution in [2.75, 3.05) is 5.73 Å². The first-order valence-electron chi connectivity index (χ1n) is 3.96. The van der Waals surface area contributed by atoms with Gasteiger partial charge in [-0.3, -0.25) is 0 Å². The average molecular weight is 193 g/mol. The van der Waals surface area contributed by atoms with Crippen LogP contribution in [-0.4, -0.2) is 19.7 Å². The number of nitrogens with zero attached hydrogens (tertiary/aromatic N) is 4. The van der Waals surface area contributed by atoms with Crippen LogP contribution in [0.4, 0.5) is 10.1 Å². The first-order chi connectivity index (χ1) is 6.68. The van der Waals surface area contributed by atoms with Gasteiger partial charge in [0, 0.05) is 0 Å². The lowest BCUT2D eigenvalue weighted by Crippen LogP contribution is -2.04. The molecule has 2 heterocycles. The van der Waals surface area contributed by atoms with Crippen LogP contribution in [0.15, 0.2) is 18.7 Å². The van der Waals surface area contributed by atoms with Crippen LogP contribution in [0.1, 0.15) is 5.69 Å². The summed E-state index contributed by atoms with van der Waals surface area (Å²) in [5.74, 6) is -0.384. The number of aromatic nitrogens is 4. The lowest BCUT2D eigenvalue weighted by atomic mass is 10.4. The Balaban J connectivity index is 2.57. The minimum absolute atomic E-state index is 0.106. The fourth-order valence-corrected chi connectivity index (χ4v) is 1.06. The Kier molecular flexibility index (Phi) is 1.88. The molecule has 0 fully saturated rings. The normalized spacial score (nSPS) is 10.4. The number of rotatable bonds is 1. The predicted octanol–water partition coefficient (Wildman–Crippen LogP) is 0.692. The Morgan fingerprint density at radius 1 is 1.43 bits per heavy atom. The summed E-state index contributed by atoms with van der Waals surface area (Å²) in [5.41, 5.74) is 6.20. The molecule has 2 N–H and O–H groups in total. The second-order valence-corrected chi connectivity index (χ2v) is 2.81. The third-order valence-electron chi connectivity index (χ3n) is 1.76. The summed E-state index contributed by atoms with van der Waals surface area (Å²) in [5, 5.41) is 3.85. The van der Waals surface area contributed by atoms with E-state index in [0.29, 0.717) is 5.69 Å². The van der Waals surface area contributed by atoms with Gasteiger partial charge in [-0.15, -0.1) is 0 Å². The highest BCUT2D eigenvalue weighted by atomic mass is 19.1. The van der Waals surface area contributed by atoms with Crippen molar-refractivity contribution in [2.45, 2.75) is 6.92 Å². The molecule has 0 unspecified atom stereocenters. The van der Waals surface area contributed by atoms with Crippen LogP contribution in [0.2, 0.25) is 0 Å². The number of nitrogens with two attached hydrogens (primary N) is 1. The molecule has 6 heteroatoms. The van der Waals surface area contributed by atoms with Crippen molar-refractivity contribution in [1.29, 1.82) is 0 Å². The number of hydrogen-bond donors (Lipinski definition) is 1. The van der Waals surface area contributed by atoms with Crippen molar-refractivity contribution >= 4 is 5.69 Å². The van der Waals surface area contributed by atoms with E-state index in [4.69, 9.17) is 5.73 Å². The monoisotopic (exact) mass is 193 g/mol. The molecule has 5 nitrogen and oxygen atoms in total. The van der Waals surface area contributed by atoms with Crippen molar-refractivity contribution in [1.82, 2.24) is 19.7 Å². The highest BCUT2D eigenvalue weighted by Gasteiger charge is 2.09. The molecule has 0 saturated heterocycles. The molecule has 0 amide bonds. The van der Waals surface area contributed by atoms with Crippen molar-refractivity contribution < 1.29 is 4.39 Å². The Bertz CT molecular complexity index is 465. The van der Waals surface area contributed by atoms with Crippen LogP contribution in [0.5, 0.6) is 0 Å². The molecular formula is C8H8FN5. The molecule has 0 aliphatic rings. The zero-order valence-electron chi connectivity index (χ0n) is 7.48. The van der Waals surface area contributed by atoms with E-state index in [1.165, 1.54) is 23.4 Å². The molecule has 0 aliphatic carbocycles. The van der Waals surface area contributed by atoms with E-state index in [-0.39, 0.29) is 11.5 Å². The summed E-state index contributed by atoms with van der Waals surface area (Å²) in [6.45, 7) is 1.56. The summed E-state index contributed by atoms with van der Waals surface area (Å²) >= 11 is 0. The van der Waals surface area contributed by atoms with Gasteiger partial charge in [0.25, 0.3) is 0 Å². The first-order valence-corrected chi connectivity index (χ1v) is 3.96. The predicted molar refractivity (Wildman–Crippen MR) is 48.3 cm³/mol. The van der Waals surface area contributed by atoms with Crippen LogP contribution in [0.25, 0.3) is 5.82 Å². The fourth-order valence-electron chi connectivity index (χ4n) is 1.06. The summed E-state index contributed by atoms with van der Waals surface area (Å²) in [6.07, 6.45) is 4.20. The lowest BCUT2D eigenvalue weighted by molar-refractivity contribution is 0.581. The molecule has 0 atom stereocenters. The zero-order valence-corrected chi connectivity index (χ0v) is 7.48. The molecule has 72 valence electrons. The van der Waals surface area contributed by atoms with Crippen molar-refractivity contribution in [3.63, 3.8) is 0 Å². The Labute approximate surface area is 79.4 Å².